The number of alkyl carbamates (subject to hydrolysis) is 1. The molecule has 0 radical (unpaired) electrons. The van der Waals surface area contributed by atoms with Crippen LogP contribution in [0.3, 0.4) is 0 Å². The van der Waals surface area contributed by atoms with Crippen molar-refractivity contribution in [3.05, 3.63) is 0 Å². The number of carbonyl (C=O) groups excluding carboxylic acids is 1. The Labute approximate surface area is 101 Å². The van der Waals surface area contributed by atoms with E-state index in [-0.39, 0.29) is 24.7 Å². The molecule has 1 aliphatic rings. The van der Waals surface area contributed by atoms with Crippen molar-refractivity contribution in [3.63, 3.8) is 0 Å². The Morgan fingerprint density at radius 1 is 1.56 bits per heavy atom. The van der Waals surface area contributed by atoms with E-state index in [1.54, 1.807) is 0 Å². The van der Waals surface area contributed by atoms with Crippen LogP contribution in [0.15, 0.2) is 0 Å². The van der Waals surface area contributed by atoms with Crippen LogP contribution in [0.5, 0.6) is 0 Å². The summed E-state index contributed by atoms with van der Waals surface area (Å²) in [6.45, 7) is 5.64. The highest BCUT2D eigenvalue weighted by Gasteiger charge is 2.27. The summed E-state index contributed by atoms with van der Waals surface area (Å²) in [5.74, 6) is 2.07. The number of nitrogens with one attached hydrogen (secondary N) is 1. The Morgan fingerprint density at radius 2 is 2.25 bits per heavy atom. The minimum absolute atomic E-state index is 0.0427. The Bertz CT molecular complexity index is 240. The van der Waals surface area contributed by atoms with Crippen LogP contribution in [-0.4, -0.2) is 41.0 Å². The number of rotatable bonds is 2. The zero-order chi connectivity index (χ0) is 12.2. The first kappa shape index (κ1) is 13.6. The number of aliphatic hydroxyl groups excluding tert-OH is 1. The third-order valence-electron chi connectivity index (χ3n) is 2.41. The third-order valence-corrected chi connectivity index (χ3v) is 3.60. The number of carbonyl (C=O) groups is 1. The summed E-state index contributed by atoms with van der Waals surface area (Å²) in [6.07, 6.45) is 0.512. The zero-order valence-electron chi connectivity index (χ0n) is 10.2. The predicted molar refractivity (Wildman–Crippen MR) is 65.7 cm³/mol. The van der Waals surface area contributed by atoms with E-state index in [0.717, 1.165) is 17.9 Å². The summed E-state index contributed by atoms with van der Waals surface area (Å²) < 4.78 is 5.19. The van der Waals surface area contributed by atoms with Gasteiger partial charge in [-0.25, -0.2) is 4.79 Å². The molecule has 16 heavy (non-hydrogen) atoms. The molecule has 4 nitrogen and oxygen atoms in total. The van der Waals surface area contributed by atoms with E-state index in [9.17, 15) is 9.90 Å². The summed E-state index contributed by atoms with van der Waals surface area (Å²) >= 11 is 1.82. The standard InChI is InChI=1S/C11H21NO3S/c1-11(2,3)15-10(14)12-9-4-5-16-7-8(9)6-13/h8-9,13H,4-7H2,1-3H3,(H,12,14). The molecule has 1 amide bonds. The van der Waals surface area contributed by atoms with Crippen molar-refractivity contribution in [1.29, 1.82) is 0 Å². The highest BCUT2D eigenvalue weighted by atomic mass is 32.2. The van der Waals surface area contributed by atoms with Crippen LogP contribution in [0.1, 0.15) is 27.2 Å². The van der Waals surface area contributed by atoms with Crippen LogP contribution in [0.2, 0.25) is 0 Å². The molecule has 1 heterocycles. The van der Waals surface area contributed by atoms with Crippen LogP contribution >= 0.6 is 11.8 Å². The molecule has 2 unspecified atom stereocenters. The first-order valence-corrected chi connectivity index (χ1v) is 6.76. The van der Waals surface area contributed by atoms with E-state index >= 15 is 0 Å². The monoisotopic (exact) mass is 247 g/mol. The van der Waals surface area contributed by atoms with Crippen LogP contribution in [0.4, 0.5) is 4.79 Å². The van der Waals surface area contributed by atoms with Gasteiger partial charge >= 0.3 is 6.09 Å². The van der Waals surface area contributed by atoms with Crippen molar-refractivity contribution < 1.29 is 14.6 Å². The number of aliphatic hydroxyl groups is 1. The van der Waals surface area contributed by atoms with Crippen molar-refractivity contribution in [3.8, 4) is 0 Å². The Morgan fingerprint density at radius 3 is 2.81 bits per heavy atom. The molecule has 0 aromatic carbocycles. The number of ether oxygens (including phenoxy) is 1. The molecule has 0 bridgehead atoms. The SMILES string of the molecule is CC(C)(C)OC(=O)NC1CCSCC1CO. The average molecular weight is 247 g/mol. The van der Waals surface area contributed by atoms with Crippen molar-refractivity contribution in [2.24, 2.45) is 5.92 Å². The van der Waals surface area contributed by atoms with Gasteiger partial charge in [0.1, 0.15) is 5.60 Å². The largest absolute Gasteiger partial charge is 0.444 e. The first-order chi connectivity index (χ1) is 7.42. The molecule has 2 N–H and O–H groups in total. The molecule has 0 aromatic rings. The Balaban J connectivity index is 2.42. The van der Waals surface area contributed by atoms with Gasteiger partial charge in [-0.3, -0.25) is 0 Å². The second kappa shape index (κ2) is 5.77. The quantitative estimate of drug-likeness (QED) is 0.778. The van der Waals surface area contributed by atoms with Gasteiger partial charge in [0, 0.05) is 24.3 Å². The van der Waals surface area contributed by atoms with Gasteiger partial charge in [-0.2, -0.15) is 11.8 Å². The molecule has 0 aliphatic carbocycles. The first-order valence-electron chi connectivity index (χ1n) is 5.60. The van der Waals surface area contributed by atoms with Gasteiger partial charge in [-0.15, -0.1) is 0 Å². The smallest absolute Gasteiger partial charge is 0.407 e. The average Bonchev–Trinajstić information content (AvgIpc) is 2.15. The maximum absolute atomic E-state index is 11.6. The van der Waals surface area contributed by atoms with Gasteiger partial charge in [-0.05, 0) is 32.9 Å². The van der Waals surface area contributed by atoms with Crippen LogP contribution in [0.25, 0.3) is 0 Å². The van der Waals surface area contributed by atoms with Crippen LogP contribution in [0, 0.1) is 5.92 Å². The summed E-state index contributed by atoms with van der Waals surface area (Å²) in [6, 6.07) is 0.0427. The highest BCUT2D eigenvalue weighted by Crippen LogP contribution is 2.23. The molecular weight excluding hydrogens is 226 g/mol. The van der Waals surface area contributed by atoms with E-state index in [1.165, 1.54) is 0 Å². The molecule has 1 rings (SSSR count). The van der Waals surface area contributed by atoms with E-state index < -0.39 is 5.60 Å². The Hall–Kier alpha value is -0.420. The van der Waals surface area contributed by atoms with E-state index in [1.807, 2.05) is 32.5 Å². The van der Waals surface area contributed by atoms with E-state index in [2.05, 4.69) is 5.32 Å². The summed E-state index contributed by atoms with van der Waals surface area (Å²) in [5, 5.41) is 12.0. The van der Waals surface area contributed by atoms with Gasteiger partial charge in [0.05, 0.1) is 0 Å². The fourth-order valence-corrected chi connectivity index (χ4v) is 2.85. The number of amides is 1. The van der Waals surface area contributed by atoms with Gasteiger partial charge in [0.2, 0.25) is 0 Å². The molecule has 1 aliphatic heterocycles. The summed E-state index contributed by atoms with van der Waals surface area (Å²) in [4.78, 5) is 11.6. The lowest BCUT2D eigenvalue weighted by Crippen LogP contribution is -2.46. The zero-order valence-corrected chi connectivity index (χ0v) is 11.0. The van der Waals surface area contributed by atoms with Crippen molar-refractivity contribution in [2.75, 3.05) is 18.1 Å². The molecule has 2 atom stereocenters. The molecular formula is C11H21NO3S. The number of hydrogen-bond donors (Lipinski definition) is 2. The molecule has 1 fully saturated rings. The van der Waals surface area contributed by atoms with Gasteiger partial charge in [-0.1, -0.05) is 0 Å². The van der Waals surface area contributed by atoms with Crippen LogP contribution in [-0.2, 0) is 4.74 Å². The second-order valence-corrected chi connectivity index (χ2v) is 6.21. The third kappa shape index (κ3) is 4.61. The van der Waals surface area contributed by atoms with Gasteiger partial charge in [0.15, 0.2) is 0 Å². The molecule has 5 heteroatoms. The predicted octanol–water partition coefficient (Wildman–Crippen LogP) is 1.63. The number of hydrogen-bond acceptors (Lipinski definition) is 4. The molecule has 94 valence electrons. The molecule has 0 aromatic heterocycles. The second-order valence-electron chi connectivity index (χ2n) is 5.06. The minimum Gasteiger partial charge on any atom is -0.444 e. The maximum Gasteiger partial charge on any atom is 0.407 e. The lowest BCUT2D eigenvalue weighted by Gasteiger charge is -2.31. The highest BCUT2D eigenvalue weighted by molar-refractivity contribution is 7.99. The minimum atomic E-state index is -0.470. The summed E-state index contributed by atoms with van der Waals surface area (Å²) in [7, 11) is 0. The summed E-state index contributed by atoms with van der Waals surface area (Å²) in [5.41, 5.74) is -0.470. The molecule has 0 spiro atoms. The van der Waals surface area contributed by atoms with Gasteiger partial charge < -0.3 is 15.2 Å². The normalized spacial score (nSPS) is 26.2. The fraction of sp³-hybridized carbons (Fsp3) is 0.909. The van der Waals surface area contributed by atoms with Crippen molar-refractivity contribution in [2.45, 2.75) is 38.8 Å². The maximum atomic E-state index is 11.6. The number of thioether (sulfide) groups is 1. The van der Waals surface area contributed by atoms with Crippen molar-refractivity contribution in [1.82, 2.24) is 5.32 Å². The van der Waals surface area contributed by atoms with E-state index in [4.69, 9.17) is 4.74 Å². The lowest BCUT2D eigenvalue weighted by atomic mass is 10.00. The van der Waals surface area contributed by atoms with E-state index in [0.29, 0.717) is 0 Å². The van der Waals surface area contributed by atoms with Crippen LogP contribution < -0.4 is 5.32 Å². The fourth-order valence-electron chi connectivity index (χ4n) is 1.63. The Kier molecular flexibility index (Phi) is 4.92. The molecule has 1 saturated heterocycles. The molecule has 0 saturated carbocycles. The topological polar surface area (TPSA) is 58.6 Å². The van der Waals surface area contributed by atoms with Gasteiger partial charge in [0.25, 0.3) is 0 Å². The van der Waals surface area contributed by atoms with Crippen molar-refractivity contribution >= 4 is 17.9 Å². The lowest BCUT2D eigenvalue weighted by molar-refractivity contribution is 0.0474.